The van der Waals surface area contributed by atoms with Crippen molar-refractivity contribution >= 4 is 23.4 Å². The van der Waals surface area contributed by atoms with Gasteiger partial charge in [0, 0.05) is 44.2 Å². The van der Waals surface area contributed by atoms with Crippen LogP contribution in [-0.4, -0.2) is 74.5 Å². The third-order valence-electron chi connectivity index (χ3n) is 3.91. The second-order valence-electron chi connectivity index (χ2n) is 6.28. The Labute approximate surface area is 138 Å². The predicted molar refractivity (Wildman–Crippen MR) is 96.1 cm³/mol. The second-order valence-corrected chi connectivity index (χ2v) is 7.43. The lowest BCUT2D eigenvalue weighted by Crippen LogP contribution is -2.46. The van der Waals surface area contributed by atoms with Gasteiger partial charge in [0.1, 0.15) is 0 Å². The van der Waals surface area contributed by atoms with Gasteiger partial charge in [-0.1, -0.05) is 0 Å². The normalized spacial score (nSPS) is 19.1. The molecule has 1 aromatic rings. The van der Waals surface area contributed by atoms with E-state index in [4.69, 9.17) is 0 Å². The van der Waals surface area contributed by atoms with Crippen molar-refractivity contribution in [3.05, 3.63) is 29.8 Å². The number of thioether (sulfide) groups is 1. The van der Waals surface area contributed by atoms with Crippen LogP contribution in [0.4, 0.5) is 5.69 Å². The average Bonchev–Trinajstić information content (AvgIpc) is 2.71. The molecule has 1 aliphatic heterocycles. The molecular weight excluding hydrogens is 294 g/mol. The topological polar surface area (TPSA) is 26.8 Å². The van der Waals surface area contributed by atoms with Crippen LogP contribution in [0.15, 0.2) is 24.3 Å². The smallest absolute Gasteiger partial charge is 0.254 e. The highest BCUT2D eigenvalue weighted by atomic mass is 32.2. The van der Waals surface area contributed by atoms with E-state index in [2.05, 4.69) is 23.9 Å². The fourth-order valence-electron chi connectivity index (χ4n) is 2.74. The van der Waals surface area contributed by atoms with E-state index in [1.807, 2.05) is 55.0 Å². The van der Waals surface area contributed by atoms with Gasteiger partial charge in [-0.3, -0.25) is 4.79 Å². The van der Waals surface area contributed by atoms with Gasteiger partial charge in [-0.15, -0.1) is 0 Å². The van der Waals surface area contributed by atoms with Gasteiger partial charge in [0.2, 0.25) is 0 Å². The summed E-state index contributed by atoms with van der Waals surface area (Å²) in [5.41, 5.74) is 1.91. The first-order chi connectivity index (χ1) is 10.5. The highest BCUT2D eigenvalue weighted by molar-refractivity contribution is 7.99. The van der Waals surface area contributed by atoms with E-state index in [1.54, 1.807) is 0 Å². The van der Waals surface area contributed by atoms with Crippen molar-refractivity contribution in [2.45, 2.75) is 12.5 Å². The van der Waals surface area contributed by atoms with Crippen LogP contribution in [0, 0.1) is 0 Å². The molecule has 1 amide bonds. The summed E-state index contributed by atoms with van der Waals surface area (Å²) >= 11 is 1.96. The molecule has 2 rings (SSSR count). The molecule has 0 radical (unpaired) electrons. The van der Waals surface area contributed by atoms with Crippen LogP contribution in [0.3, 0.4) is 0 Å². The lowest BCUT2D eigenvalue weighted by Gasteiger charge is -2.32. The number of hydrogen-bond acceptors (Lipinski definition) is 4. The van der Waals surface area contributed by atoms with E-state index in [1.165, 1.54) is 0 Å². The van der Waals surface area contributed by atoms with Crippen molar-refractivity contribution in [2.24, 2.45) is 0 Å². The van der Waals surface area contributed by atoms with Crippen LogP contribution in [0.2, 0.25) is 0 Å². The Kier molecular flexibility index (Phi) is 6.15. The van der Waals surface area contributed by atoms with E-state index in [0.29, 0.717) is 6.04 Å². The summed E-state index contributed by atoms with van der Waals surface area (Å²) in [5, 5.41) is 0. The number of carbonyl (C=O) groups is 1. The van der Waals surface area contributed by atoms with E-state index >= 15 is 0 Å². The lowest BCUT2D eigenvalue weighted by atomic mass is 10.1. The maximum atomic E-state index is 12.9. The number of carbonyl (C=O) groups excluding carboxylic acids is 1. The quantitative estimate of drug-likeness (QED) is 0.850. The van der Waals surface area contributed by atoms with Crippen molar-refractivity contribution < 1.29 is 4.79 Å². The number of nitrogens with zero attached hydrogens (tertiary/aromatic N) is 3. The molecule has 0 aromatic heterocycles. The predicted octanol–water partition coefficient (Wildman–Crippen LogP) is 2.26. The maximum Gasteiger partial charge on any atom is 0.254 e. The minimum atomic E-state index is 0.166. The first-order valence-corrected chi connectivity index (χ1v) is 8.95. The molecule has 1 heterocycles. The molecule has 1 aliphatic rings. The molecule has 1 saturated heterocycles. The number of anilines is 1. The Morgan fingerprint density at radius 3 is 2.50 bits per heavy atom. The van der Waals surface area contributed by atoms with Crippen molar-refractivity contribution in [2.75, 3.05) is 57.7 Å². The zero-order chi connectivity index (χ0) is 16.1. The minimum absolute atomic E-state index is 0.166. The standard InChI is InChI=1S/C17H27N3OS/c1-18(2)12-16-13-22-11-5-10-20(16)17(21)14-6-8-15(9-7-14)19(3)4/h6-9,16H,5,10-13H2,1-4H3. The molecule has 1 fully saturated rings. The Balaban J connectivity index is 2.16. The number of rotatable bonds is 4. The highest BCUT2D eigenvalue weighted by Crippen LogP contribution is 2.20. The fourth-order valence-corrected chi connectivity index (χ4v) is 3.79. The lowest BCUT2D eigenvalue weighted by molar-refractivity contribution is 0.0675. The first-order valence-electron chi connectivity index (χ1n) is 7.80. The summed E-state index contributed by atoms with van der Waals surface area (Å²) in [4.78, 5) is 19.2. The van der Waals surface area contributed by atoms with Crippen molar-refractivity contribution in [1.29, 1.82) is 0 Å². The Morgan fingerprint density at radius 2 is 1.91 bits per heavy atom. The molecule has 22 heavy (non-hydrogen) atoms. The van der Waals surface area contributed by atoms with Crippen LogP contribution in [0.25, 0.3) is 0 Å². The number of benzene rings is 1. The first kappa shape index (κ1) is 17.2. The molecule has 0 spiro atoms. The molecule has 0 aliphatic carbocycles. The van der Waals surface area contributed by atoms with Gasteiger partial charge < -0.3 is 14.7 Å². The molecule has 122 valence electrons. The van der Waals surface area contributed by atoms with Gasteiger partial charge in [-0.05, 0) is 50.5 Å². The summed E-state index contributed by atoms with van der Waals surface area (Å²) in [6.07, 6.45) is 1.08. The van der Waals surface area contributed by atoms with E-state index in [-0.39, 0.29) is 5.91 Å². The molecule has 0 N–H and O–H groups in total. The summed E-state index contributed by atoms with van der Waals surface area (Å²) in [6, 6.07) is 8.22. The molecule has 5 heteroatoms. The zero-order valence-electron chi connectivity index (χ0n) is 14.1. The van der Waals surface area contributed by atoms with Gasteiger partial charge in [0.25, 0.3) is 5.91 Å². The van der Waals surface area contributed by atoms with Crippen LogP contribution in [-0.2, 0) is 0 Å². The van der Waals surface area contributed by atoms with Gasteiger partial charge in [0.05, 0.1) is 6.04 Å². The Bertz CT molecular complexity index is 487. The van der Waals surface area contributed by atoms with Crippen molar-refractivity contribution in [3.8, 4) is 0 Å². The highest BCUT2D eigenvalue weighted by Gasteiger charge is 2.26. The van der Waals surface area contributed by atoms with Crippen LogP contribution in [0.5, 0.6) is 0 Å². The number of hydrogen-bond donors (Lipinski definition) is 0. The zero-order valence-corrected chi connectivity index (χ0v) is 14.9. The van der Waals surface area contributed by atoms with Crippen LogP contribution < -0.4 is 4.90 Å². The van der Waals surface area contributed by atoms with Gasteiger partial charge in [0.15, 0.2) is 0 Å². The summed E-state index contributed by atoms with van der Waals surface area (Å²) in [5.74, 6) is 2.34. The summed E-state index contributed by atoms with van der Waals surface area (Å²) < 4.78 is 0. The van der Waals surface area contributed by atoms with Gasteiger partial charge in [-0.25, -0.2) is 0 Å². The molecular formula is C17H27N3OS. The molecule has 0 bridgehead atoms. The molecule has 0 saturated carbocycles. The Hall–Kier alpha value is -1.20. The number of likely N-dealkylation sites (N-methyl/N-ethyl adjacent to an activating group) is 1. The van der Waals surface area contributed by atoms with Crippen molar-refractivity contribution in [3.63, 3.8) is 0 Å². The number of amides is 1. The third kappa shape index (κ3) is 4.40. The summed E-state index contributed by atoms with van der Waals surface area (Å²) in [6.45, 7) is 1.79. The van der Waals surface area contributed by atoms with Crippen LogP contribution in [0.1, 0.15) is 16.8 Å². The molecule has 1 aromatic carbocycles. The largest absolute Gasteiger partial charge is 0.378 e. The fraction of sp³-hybridized carbons (Fsp3) is 0.588. The molecule has 4 nitrogen and oxygen atoms in total. The average molecular weight is 321 g/mol. The SMILES string of the molecule is CN(C)CC1CSCCCN1C(=O)c1ccc(N(C)C)cc1. The molecule has 1 unspecified atom stereocenters. The van der Waals surface area contributed by atoms with E-state index in [0.717, 1.165) is 42.3 Å². The van der Waals surface area contributed by atoms with Crippen LogP contribution >= 0.6 is 11.8 Å². The Morgan fingerprint density at radius 1 is 1.23 bits per heavy atom. The third-order valence-corrected chi connectivity index (χ3v) is 5.10. The van der Waals surface area contributed by atoms with Crippen molar-refractivity contribution in [1.82, 2.24) is 9.80 Å². The monoisotopic (exact) mass is 321 g/mol. The van der Waals surface area contributed by atoms with E-state index < -0.39 is 0 Å². The van der Waals surface area contributed by atoms with Gasteiger partial charge in [-0.2, -0.15) is 11.8 Å². The minimum Gasteiger partial charge on any atom is -0.378 e. The van der Waals surface area contributed by atoms with Gasteiger partial charge >= 0.3 is 0 Å². The molecule has 1 atom stereocenters. The van der Waals surface area contributed by atoms with E-state index in [9.17, 15) is 4.79 Å². The maximum absolute atomic E-state index is 12.9. The summed E-state index contributed by atoms with van der Waals surface area (Å²) in [7, 11) is 8.17. The second kappa shape index (κ2) is 7.88.